The largest absolute Gasteiger partial charge is 0.353 e. The van der Waals surface area contributed by atoms with Gasteiger partial charge in [-0.2, -0.15) is 5.26 Å². The number of ether oxygens (including phenoxy) is 2. The van der Waals surface area contributed by atoms with Crippen molar-refractivity contribution in [3.63, 3.8) is 0 Å². The second-order valence-electron chi connectivity index (χ2n) is 4.49. The van der Waals surface area contributed by atoms with E-state index in [2.05, 4.69) is 6.07 Å². The first kappa shape index (κ1) is 13.3. The third kappa shape index (κ3) is 1.89. The van der Waals surface area contributed by atoms with E-state index in [9.17, 15) is 9.65 Å². The Morgan fingerprint density at radius 2 is 1.94 bits per heavy atom. The molecule has 1 saturated carbocycles. The monoisotopic (exact) mass is 269 g/mol. The molecule has 0 bridgehead atoms. The van der Waals surface area contributed by atoms with Crippen molar-refractivity contribution in [3.8, 4) is 6.07 Å². The molecule has 0 unspecified atom stereocenters. The van der Waals surface area contributed by atoms with Gasteiger partial charge in [0.05, 0.1) is 11.5 Å². The molecule has 0 aliphatic heterocycles. The number of nitriles is 1. The van der Waals surface area contributed by atoms with Crippen LogP contribution in [0.2, 0.25) is 5.02 Å². The summed E-state index contributed by atoms with van der Waals surface area (Å²) in [7, 11) is 3.08. The number of halogens is 2. The number of rotatable bonds is 3. The first-order valence-corrected chi connectivity index (χ1v) is 5.86. The van der Waals surface area contributed by atoms with Crippen molar-refractivity contribution in [2.45, 2.75) is 24.0 Å². The van der Waals surface area contributed by atoms with Crippen LogP contribution in [0, 0.1) is 17.1 Å². The third-order valence-electron chi connectivity index (χ3n) is 3.55. The molecule has 0 aromatic heterocycles. The molecule has 1 aromatic rings. The summed E-state index contributed by atoms with van der Waals surface area (Å²) < 4.78 is 23.6. The maximum Gasteiger partial charge on any atom is 0.171 e. The maximum atomic E-state index is 13.0. The molecule has 0 radical (unpaired) electrons. The number of hydrogen-bond donors (Lipinski definition) is 0. The topological polar surface area (TPSA) is 42.2 Å². The van der Waals surface area contributed by atoms with Crippen molar-refractivity contribution in [2.75, 3.05) is 14.2 Å². The van der Waals surface area contributed by atoms with E-state index < -0.39 is 17.0 Å². The fraction of sp³-hybridized carbons (Fsp3) is 0.462. The predicted molar refractivity (Wildman–Crippen MR) is 64.7 cm³/mol. The molecule has 0 heterocycles. The lowest BCUT2D eigenvalue weighted by molar-refractivity contribution is -0.269. The molecule has 0 amide bonds. The zero-order chi connectivity index (χ0) is 13.4. The highest BCUT2D eigenvalue weighted by molar-refractivity contribution is 6.31. The SMILES string of the molecule is COC1(OC)CC(C#N)(c2ccc(F)cc2Cl)C1. The molecule has 0 spiro atoms. The average molecular weight is 270 g/mol. The summed E-state index contributed by atoms with van der Waals surface area (Å²) in [5.41, 5.74) is -0.144. The van der Waals surface area contributed by atoms with E-state index in [0.717, 1.165) is 0 Å². The van der Waals surface area contributed by atoms with Crippen LogP contribution in [0.25, 0.3) is 0 Å². The quantitative estimate of drug-likeness (QED) is 0.792. The zero-order valence-corrected chi connectivity index (χ0v) is 10.9. The Morgan fingerprint density at radius 1 is 1.33 bits per heavy atom. The fourth-order valence-electron chi connectivity index (χ4n) is 2.45. The molecule has 0 saturated heterocycles. The molecule has 3 nitrogen and oxygen atoms in total. The van der Waals surface area contributed by atoms with Crippen LogP contribution >= 0.6 is 11.6 Å². The molecule has 5 heteroatoms. The van der Waals surface area contributed by atoms with Crippen LogP contribution < -0.4 is 0 Å². The van der Waals surface area contributed by atoms with E-state index in [4.69, 9.17) is 21.1 Å². The van der Waals surface area contributed by atoms with Crippen LogP contribution in [0.5, 0.6) is 0 Å². The summed E-state index contributed by atoms with van der Waals surface area (Å²) in [6, 6.07) is 6.32. The van der Waals surface area contributed by atoms with E-state index >= 15 is 0 Å². The summed E-state index contributed by atoms with van der Waals surface area (Å²) in [5.74, 6) is -1.16. The first-order valence-electron chi connectivity index (χ1n) is 5.48. The maximum absolute atomic E-state index is 13.0. The molecule has 1 aromatic carbocycles. The highest BCUT2D eigenvalue weighted by Gasteiger charge is 2.58. The van der Waals surface area contributed by atoms with Crippen LogP contribution in [0.1, 0.15) is 18.4 Å². The average Bonchev–Trinajstić information content (AvgIpc) is 2.31. The van der Waals surface area contributed by atoms with Crippen molar-refractivity contribution in [1.82, 2.24) is 0 Å². The van der Waals surface area contributed by atoms with E-state index in [1.54, 1.807) is 6.07 Å². The Morgan fingerprint density at radius 3 is 2.39 bits per heavy atom. The highest BCUT2D eigenvalue weighted by atomic mass is 35.5. The lowest BCUT2D eigenvalue weighted by atomic mass is 9.61. The molecule has 1 aliphatic carbocycles. The second-order valence-corrected chi connectivity index (χ2v) is 4.90. The third-order valence-corrected chi connectivity index (χ3v) is 3.86. The molecule has 0 N–H and O–H groups in total. The van der Waals surface area contributed by atoms with Crippen LogP contribution in [0.3, 0.4) is 0 Å². The zero-order valence-electron chi connectivity index (χ0n) is 10.2. The Kier molecular flexibility index (Phi) is 3.33. The first-order chi connectivity index (χ1) is 8.51. The Hall–Kier alpha value is -1.15. The van der Waals surface area contributed by atoms with Crippen LogP contribution in [-0.4, -0.2) is 20.0 Å². The van der Waals surface area contributed by atoms with Crippen molar-refractivity contribution < 1.29 is 13.9 Å². The molecule has 0 atom stereocenters. The molecule has 1 aliphatic rings. The summed E-state index contributed by atoms with van der Waals surface area (Å²) in [4.78, 5) is 0. The van der Waals surface area contributed by atoms with Crippen LogP contribution in [0.15, 0.2) is 18.2 Å². The smallest absolute Gasteiger partial charge is 0.171 e. The van der Waals surface area contributed by atoms with Crippen molar-refractivity contribution in [2.24, 2.45) is 0 Å². The van der Waals surface area contributed by atoms with Gasteiger partial charge < -0.3 is 9.47 Å². The minimum absolute atomic E-state index is 0.261. The van der Waals surface area contributed by atoms with Gasteiger partial charge in [-0.15, -0.1) is 0 Å². The lowest BCUT2D eigenvalue weighted by Gasteiger charge is -2.50. The Balaban J connectivity index is 2.35. The lowest BCUT2D eigenvalue weighted by Crippen LogP contribution is -2.56. The van der Waals surface area contributed by atoms with E-state index in [-0.39, 0.29) is 5.02 Å². The fourth-order valence-corrected chi connectivity index (χ4v) is 2.80. The minimum Gasteiger partial charge on any atom is -0.353 e. The molecular weight excluding hydrogens is 257 g/mol. The van der Waals surface area contributed by atoms with Gasteiger partial charge in [0.15, 0.2) is 5.79 Å². The number of benzene rings is 1. The van der Waals surface area contributed by atoms with Gasteiger partial charge >= 0.3 is 0 Å². The summed E-state index contributed by atoms with van der Waals surface area (Å²) in [6.45, 7) is 0. The van der Waals surface area contributed by atoms with Gasteiger partial charge in [0.1, 0.15) is 5.82 Å². The van der Waals surface area contributed by atoms with Crippen molar-refractivity contribution in [3.05, 3.63) is 34.6 Å². The van der Waals surface area contributed by atoms with Crippen LogP contribution in [0.4, 0.5) is 4.39 Å². The van der Waals surface area contributed by atoms with E-state index in [1.807, 2.05) is 0 Å². The molecular formula is C13H13ClFNO2. The molecule has 1 fully saturated rings. The standard InChI is InChI=1S/C13H13ClFNO2/c1-17-13(18-2)6-12(7-13,8-16)10-4-3-9(15)5-11(10)14/h3-5H,6-7H2,1-2H3. The Bertz CT molecular complexity index is 500. The Labute approximate surface area is 110 Å². The van der Waals surface area contributed by atoms with Crippen molar-refractivity contribution in [1.29, 1.82) is 5.26 Å². The number of methoxy groups -OCH3 is 2. The van der Waals surface area contributed by atoms with Gasteiger partial charge in [-0.25, -0.2) is 4.39 Å². The number of hydrogen-bond acceptors (Lipinski definition) is 3. The highest BCUT2D eigenvalue weighted by Crippen LogP contribution is 2.53. The minimum atomic E-state index is -0.767. The second kappa shape index (κ2) is 4.51. The predicted octanol–water partition coefficient (Wildman–Crippen LogP) is 3.02. The molecule has 18 heavy (non-hydrogen) atoms. The molecule has 96 valence electrons. The van der Waals surface area contributed by atoms with Gasteiger partial charge in [0.25, 0.3) is 0 Å². The van der Waals surface area contributed by atoms with Gasteiger partial charge in [0, 0.05) is 32.1 Å². The van der Waals surface area contributed by atoms with Gasteiger partial charge in [-0.05, 0) is 17.7 Å². The van der Waals surface area contributed by atoms with Crippen molar-refractivity contribution >= 4 is 11.6 Å². The van der Waals surface area contributed by atoms with Crippen LogP contribution in [-0.2, 0) is 14.9 Å². The summed E-state index contributed by atoms with van der Waals surface area (Å²) in [5, 5.41) is 9.65. The van der Waals surface area contributed by atoms with E-state index in [1.165, 1.54) is 26.4 Å². The summed E-state index contributed by atoms with van der Waals surface area (Å²) in [6.07, 6.45) is 0.768. The summed E-state index contributed by atoms with van der Waals surface area (Å²) >= 11 is 6.01. The van der Waals surface area contributed by atoms with Gasteiger partial charge in [-0.1, -0.05) is 17.7 Å². The molecule has 2 rings (SSSR count). The van der Waals surface area contributed by atoms with Gasteiger partial charge in [0.2, 0.25) is 0 Å². The van der Waals surface area contributed by atoms with Gasteiger partial charge in [-0.3, -0.25) is 0 Å². The normalized spacial score (nSPS) is 19.9. The number of nitrogens with zero attached hydrogens (tertiary/aromatic N) is 1. The van der Waals surface area contributed by atoms with E-state index in [0.29, 0.717) is 18.4 Å².